The van der Waals surface area contributed by atoms with E-state index in [-0.39, 0.29) is 12.2 Å². The van der Waals surface area contributed by atoms with Crippen LogP contribution in [0.25, 0.3) is 28.3 Å². The molecule has 1 amide bonds. The molecule has 0 aliphatic heterocycles. The third kappa shape index (κ3) is 4.98. The highest BCUT2D eigenvalue weighted by Gasteiger charge is 2.14. The number of carbonyl (C=O) groups excluding carboxylic acids is 2. The van der Waals surface area contributed by atoms with Gasteiger partial charge in [-0.2, -0.15) is 5.26 Å². The van der Waals surface area contributed by atoms with Crippen LogP contribution in [0, 0.1) is 11.3 Å². The lowest BCUT2D eigenvalue weighted by Gasteiger charge is -2.06. The number of fused-ring (bicyclic) bond motifs is 1. The Morgan fingerprint density at radius 3 is 2.53 bits per heavy atom. The summed E-state index contributed by atoms with van der Waals surface area (Å²) in [6, 6.07) is 20.6. The standard InChI is InChI=1S/C26H18ClN3O4/c1-2-33-26(32)18-6-10-21(11-7-18)29-25(31)19(15-28)13-16-3-12-23-22(14-16)24(34-30-23)17-4-8-20(27)9-5-17/h3-14H,2H2,1H3,(H,29,31)/b19-13+. The number of hydrogen-bond acceptors (Lipinski definition) is 6. The summed E-state index contributed by atoms with van der Waals surface area (Å²) in [6.45, 7) is 2.00. The second-order valence-corrected chi connectivity index (χ2v) is 7.65. The highest BCUT2D eigenvalue weighted by Crippen LogP contribution is 2.30. The minimum absolute atomic E-state index is 0.0849. The summed E-state index contributed by atoms with van der Waals surface area (Å²) in [7, 11) is 0. The van der Waals surface area contributed by atoms with E-state index in [0.29, 0.717) is 33.1 Å². The fraction of sp³-hybridized carbons (Fsp3) is 0.0769. The van der Waals surface area contributed by atoms with E-state index in [0.717, 1.165) is 10.9 Å². The van der Waals surface area contributed by atoms with E-state index in [1.165, 1.54) is 6.08 Å². The number of aromatic nitrogens is 1. The van der Waals surface area contributed by atoms with Crippen LogP contribution in [-0.2, 0) is 9.53 Å². The second-order valence-electron chi connectivity index (χ2n) is 7.22. The summed E-state index contributed by atoms with van der Waals surface area (Å²) in [5.41, 5.74) is 2.81. The van der Waals surface area contributed by atoms with Gasteiger partial charge in [0.05, 0.1) is 17.6 Å². The number of amides is 1. The Morgan fingerprint density at radius 1 is 1.12 bits per heavy atom. The summed E-state index contributed by atoms with van der Waals surface area (Å²) in [5, 5.41) is 17.6. The number of rotatable bonds is 6. The number of nitrogens with one attached hydrogen (secondary N) is 1. The molecule has 3 aromatic carbocycles. The molecule has 1 aromatic heterocycles. The molecule has 0 aliphatic rings. The molecule has 0 radical (unpaired) electrons. The number of hydrogen-bond donors (Lipinski definition) is 1. The molecule has 34 heavy (non-hydrogen) atoms. The lowest BCUT2D eigenvalue weighted by Crippen LogP contribution is -2.13. The van der Waals surface area contributed by atoms with Crippen molar-refractivity contribution >= 4 is 46.1 Å². The molecule has 0 spiro atoms. The summed E-state index contributed by atoms with van der Waals surface area (Å²) in [4.78, 5) is 24.4. The monoisotopic (exact) mass is 471 g/mol. The van der Waals surface area contributed by atoms with Gasteiger partial charge in [0.2, 0.25) is 0 Å². The maximum Gasteiger partial charge on any atom is 0.338 e. The number of benzene rings is 3. The molecule has 1 N–H and O–H groups in total. The molecule has 4 rings (SSSR count). The summed E-state index contributed by atoms with van der Waals surface area (Å²) < 4.78 is 10.4. The molecule has 0 saturated heterocycles. The van der Waals surface area contributed by atoms with E-state index in [1.54, 1.807) is 61.5 Å². The van der Waals surface area contributed by atoms with Gasteiger partial charge in [0.15, 0.2) is 5.76 Å². The molecule has 0 bridgehead atoms. The molecule has 7 nitrogen and oxygen atoms in total. The molecule has 0 unspecified atom stereocenters. The van der Waals surface area contributed by atoms with E-state index < -0.39 is 11.9 Å². The number of anilines is 1. The second kappa shape index (κ2) is 10.0. The van der Waals surface area contributed by atoms with Crippen LogP contribution in [0.15, 0.2) is 76.8 Å². The van der Waals surface area contributed by atoms with Gasteiger partial charge in [-0.15, -0.1) is 0 Å². The van der Waals surface area contributed by atoms with Crippen LogP contribution in [0.1, 0.15) is 22.8 Å². The highest BCUT2D eigenvalue weighted by molar-refractivity contribution is 6.30. The van der Waals surface area contributed by atoms with Gasteiger partial charge in [0, 0.05) is 16.3 Å². The molecule has 8 heteroatoms. The van der Waals surface area contributed by atoms with E-state index in [1.807, 2.05) is 18.2 Å². The zero-order valence-electron chi connectivity index (χ0n) is 18.0. The Morgan fingerprint density at radius 2 is 1.85 bits per heavy atom. The molecule has 0 saturated carbocycles. The van der Waals surface area contributed by atoms with Crippen LogP contribution in [0.5, 0.6) is 0 Å². The highest BCUT2D eigenvalue weighted by atomic mass is 35.5. The Bertz CT molecular complexity index is 1430. The third-order valence-electron chi connectivity index (χ3n) is 4.94. The molecule has 0 aliphatic carbocycles. The number of nitrogens with zero attached hydrogens (tertiary/aromatic N) is 2. The molecule has 1 heterocycles. The minimum atomic E-state index is -0.574. The zero-order chi connectivity index (χ0) is 24.1. The van der Waals surface area contributed by atoms with Gasteiger partial charge in [-0.05, 0) is 79.2 Å². The maximum absolute atomic E-state index is 12.7. The lowest BCUT2D eigenvalue weighted by atomic mass is 10.0. The number of halogens is 1. The van der Waals surface area contributed by atoms with Crippen molar-refractivity contribution < 1.29 is 18.8 Å². The first-order chi connectivity index (χ1) is 16.5. The Kier molecular flexibility index (Phi) is 6.72. The van der Waals surface area contributed by atoms with Crippen LogP contribution in [0.4, 0.5) is 5.69 Å². The topological polar surface area (TPSA) is 105 Å². The quantitative estimate of drug-likeness (QED) is 0.214. The number of nitriles is 1. The SMILES string of the molecule is CCOC(=O)c1ccc(NC(=O)/C(C#N)=C/c2ccc3noc(-c4ccc(Cl)cc4)c3c2)cc1. The van der Waals surface area contributed by atoms with Crippen molar-refractivity contribution in [1.29, 1.82) is 5.26 Å². The lowest BCUT2D eigenvalue weighted by molar-refractivity contribution is -0.112. The zero-order valence-corrected chi connectivity index (χ0v) is 18.8. The summed E-state index contributed by atoms with van der Waals surface area (Å²) >= 11 is 5.97. The Labute approximate surface area is 200 Å². The normalized spacial score (nSPS) is 11.1. The fourth-order valence-corrected chi connectivity index (χ4v) is 3.40. The third-order valence-corrected chi connectivity index (χ3v) is 5.19. The van der Waals surface area contributed by atoms with Crippen molar-refractivity contribution in [3.05, 3.63) is 88.5 Å². The van der Waals surface area contributed by atoms with Gasteiger partial charge in [0.25, 0.3) is 5.91 Å². The predicted octanol–water partition coefficient (Wildman–Crippen LogP) is 5.87. The Hall–Kier alpha value is -4.41. The molecule has 168 valence electrons. The predicted molar refractivity (Wildman–Crippen MR) is 129 cm³/mol. The fourth-order valence-electron chi connectivity index (χ4n) is 3.28. The van der Waals surface area contributed by atoms with Crippen LogP contribution in [0.3, 0.4) is 0 Å². The van der Waals surface area contributed by atoms with E-state index in [4.69, 9.17) is 20.9 Å². The van der Waals surface area contributed by atoms with Crippen molar-refractivity contribution in [2.75, 3.05) is 11.9 Å². The Balaban J connectivity index is 1.57. The van der Waals surface area contributed by atoms with Gasteiger partial charge in [-0.25, -0.2) is 4.79 Å². The number of esters is 1. The van der Waals surface area contributed by atoms with E-state index in [9.17, 15) is 14.9 Å². The molecule has 0 atom stereocenters. The average molecular weight is 472 g/mol. The van der Waals surface area contributed by atoms with Crippen LogP contribution < -0.4 is 5.32 Å². The van der Waals surface area contributed by atoms with Crippen LogP contribution >= 0.6 is 11.6 Å². The van der Waals surface area contributed by atoms with Crippen LogP contribution in [0.2, 0.25) is 5.02 Å². The van der Waals surface area contributed by atoms with Crippen molar-refractivity contribution in [2.24, 2.45) is 0 Å². The van der Waals surface area contributed by atoms with E-state index >= 15 is 0 Å². The summed E-state index contributed by atoms with van der Waals surface area (Å²) in [6.07, 6.45) is 1.49. The first kappa shape index (κ1) is 22.8. The number of ether oxygens (including phenoxy) is 1. The van der Waals surface area contributed by atoms with Crippen molar-refractivity contribution in [1.82, 2.24) is 5.16 Å². The summed E-state index contributed by atoms with van der Waals surface area (Å²) in [5.74, 6) is -0.457. The van der Waals surface area contributed by atoms with Gasteiger partial charge in [-0.1, -0.05) is 22.8 Å². The van der Waals surface area contributed by atoms with Crippen molar-refractivity contribution in [3.63, 3.8) is 0 Å². The smallest absolute Gasteiger partial charge is 0.338 e. The number of carbonyl (C=O) groups is 2. The average Bonchev–Trinajstić information content (AvgIpc) is 3.27. The first-order valence-corrected chi connectivity index (χ1v) is 10.7. The maximum atomic E-state index is 12.7. The largest absolute Gasteiger partial charge is 0.462 e. The first-order valence-electron chi connectivity index (χ1n) is 10.3. The van der Waals surface area contributed by atoms with Gasteiger partial charge in [0.1, 0.15) is 17.2 Å². The molecular weight excluding hydrogens is 454 g/mol. The minimum Gasteiger partial charge on any atom is -0.462 e. The van der Waals surface area contributed by atoms with Gasteiger partial charge >= 0.3 is 5.97 Å². The molecule has 4 aromatic rings. The van der Waals surface area contributed by atoms with Crippen molar-refractivity contribution in [3.8, 4) is 17.4 Å². The van der Waals surface area contributed by atoms with Crippen LogP contribution in [-0.4, -0.2) is 23.6 Å². The van der Waals surface area contributed by atoms with Gasteiger partial charge < -0.3 is 14.6 Å². The molecular formula is C26H18ClN3O4. The van der Waals surface area contributed by atoms with Gasteiger partial charge in [-0.3, -0.25) is 4.79 Å². The van der Waals surface area contributed by atoms with E-state index in [2.05, 4.69) is 10.5 Å². The van der Waals surface area contributed by atoms with Crippen molar-refractivity contribution in [2.45, 2.75) is 6.92 Å². The molecule has 0 fully saturated rings.